The molecule has 1 aromatic heterocycles. The molecular formula is C20H24N2O2S. The monoisotopic (exact) mass is 356 g/mol. The summed E-state index contributed by atoms with van der Waals surface area (Å²) in [7, 11) is 2.11. The molecule has 5 heteroatoms. The predicted octanol–water partition coefficient (Wildman–Crippen LogP) is 2.66. The van der Waals surface area contributed by atoms with Crippen molar-refractivity contribution in [2.45, 2.75) is 31.8 Å². The van der Waals surface area contributed by atoms with Crippen molar-refractivity contribution in [3.05, 3.63) is 40.8 Å². The molecule has 132 valence electrons. The van der Waals surface area contributed by atoms with Crippen LogP contribution in [0.5, 0.6) is 0 Å². The molecule has 0 spiro atoms. The maximum absolute atomic E-state index is 12.7. The van der Waals surface area contributed by atoms with Crippen LogP contribution < -0.4 is 5.32 Å². The largest absolute Gasteiger partial charge is 0.394 e. The number of rotatable bonds is 4. The van der Waals surface area contributed by atoms with E-state index in [1.807, 2.05) is 18.3 Å². The summed E-state index contributed by atoms with van der Waals surface area (Å²) in [5.41, 5.74) is 3.99. The van der Waals surface area contributed by atoms with Crippen LogP contribution in [0.1, 0.15) is 24.5 Å². The molecule has 2 N–H and O–H groups in total. The minimum Gasteiger partial charge on any atom is -0.394 e. The highest BCUT2D eigenvalue weighted by Gasteiger charge is 2.35. The molecule has 4 rings (SSSR count). The van der Waals surface area contributed by atoms with Crippen molar-refractivity contribution in [1.29, 1.82) is 0 Å². The SMILES string of the molecule is CCC(CO)NC(=O)C1C=C2c3cccc4scc(c34)CC2N(C)C1. The zero-order valence-electron chi connectivity index (χ0n) is 14.7. The average Bonchev–Trinajstić information content (AvgIpc) is 3.04. The third-order valence-corrected chi connectivity index (χ3v) is 6.55. The third-order valence-electron chi connectivity index (χ3n) is 5.55. The topological polar surface area (TPSA) is 52.6 Å². The number of likely N-dealkylation sites (N-methyl/N-ethyl adjacent to an activating group) is 1. The number of carbonyl (C=O) groups is 1. The number of aliphatic hydroxyl groups excluding tert-OH is 1. The van der Waals surface area contributed by atoms with Crippen LogP contribution >= 0.6 is 11.3 Å². The molecule has 0 saturated carbocycles. The number of thiophene rings is 1. The first-order chi connectivity index (χ1) is 12.1. The van der Waals surface area contributed by atoms with Gasteiger partial charge in [0.15, 0.2) is 0 Å². The Balaban J connectivity index is 1.71. The summed E-state index contributed by atoms with van der Waals surface area (Å²) in [6, 6.07) is 6.66. The molecule has 1 aliphatic carbocycles. The lowest BCUT2D eigenvalue weighted by molar-refractivity contribution is -0.125. The number of hydrogen-bond acceptors (Lipinski definition) is 4. The van der Waals surface area contributed by atoms with Gasteiger partial charge in [-0.2, -0.15) is 0 Å². The first-order valence-electron chi connectivity index (χ1n) is 8.95. The third kappa shape index (κ3) is 2.80. The summed E-state index contributed by atoms with van der Waals surface area (Å²) >= 11 is 1.81. The van der Waals surface area contributed by atoms with E-state index in [0.29, 0.717) is 6.04 Å². The van der Waals surface area contributed by atoms with Crippen LogP contribution in [0, 0.1) is 5.92 Å². The Morgan fingerprint density at radius 1 is 1.48 bits per heavy atom. The van der Waals surface area contributed by atoms with Crippen molar-refractivity contribution in [2.75, 3.05) is 20.2 Å². The molecule has 1 amide bonds. The summed E-state index contributed by atoms with van der Waals surface area (Å²) in [5.74, 6) is -0.158. The lowest BCUT2D eigenvalue weighted by Gasteiger charge is -2.39. The molecule has 3 unspecified atom stereocenters. The smallest absolute Gasteiger partial charge is 0.228 e. The minimum absolute atomic E-state index is 0.0123. The fraction of sp³-hybridized carbons (Fsp3) is 0.450. The highest BCUT2D eigenvalue weighted by Crippen LogP contribution is 2.43. The average molecular weight is 356 g/mol. The molecule has 2 aromatic rings. The van der Waals surface area contributed by atoms with Crippen LogP contribution in [0.2, 0.25) is 0 Å². The van der Waals surface area contributed by atoms with Crippen molar-refractivity contribution in [3.8, 4) is 0 Å². The Morgan fingerprint density at radius 2 is 2.32 bits per heavy atom. The quantitative estimate of drug-likeness (QED) is 0.886. The van der Waals surface area contributed by atoms with E-state index in [0.717, 1.165) is 19.4 Å². The maximum atomic E-state index is 12.7. The number of hydrogen-bond donors (Lipinski definition) is 2. The van der Waals surface area contributed by atoms with E-state index in [2.05, 4.69) is 46.9 Å². The van der Waals surface area contributed by atoms with E-state index in [4.69, 9.17) is 0 Å². The first kappa shape index (κ1) is 16.8. The fourth-order valence-electron chi connectivity index (χ4n) is 4.09. The van der Waals surface area contributed by atoms with E-state index in [-0.39, 0.29) is 24.5 Å². The number of fused-ring (bicyclic) bond motifs is 2. The van der Waals surface area contributed by atoms with Gasteiger partial charge < -0.3 is 10.4 Å². The summed E-state index contributed by atoms with van der Waals surface area (Å²) in [6.45, 7) is 2.68. The lowest BCUT2D eigenvalue weighted by atomic mass is 9.80. The normalized spacial score (nSPS) is 23.9. The summed E-state index contributed by atoms with van der Waals surface area (Å²) < 4.78 is 1.33. The van der Waals surface area contributed by atoms with E-state index >= 15 is 0 Å². The van der Waals surface area contributed by atoms with Crippen LogP contribution in [-0.4, -0.2) is 48.2 Å². The van der Waals surface area contributed by atoms with Gasteiger partial charge in [-0.05, 0) is 48.0 Å². The fourth-order valence-corrected chi connectivity index (χ4v) is 5.09. The van der Waals surface area contributed by atoms with Crippen LogP contribution in [0.25, 0.3) is 15.7 Å². The van der Waals surface area contributed by atoms with Gasteiger partial charge in [-0.25, -0.2) is 0 Å². The molecule has 0 bridgehead atoms. The Bertz CT molecular complexity index is 837. The van der Waals surface area contributed by atoms with Crippen molar-refractivity contribution in [3.63, 3.8) is 0 Å². The molecule has 2 aliphatic rings. The van der Waals surface area contributed by atoms with Crippen molar-refractivity contribution < 1.29 is 9.90 Å². The van der Waals surface area contributed by atoms with E-state index in [9.17, 15) is 9.90 Å². The van der Waals surface area contributed by atoms with Gasteiger partial charge in [-0.3, -0.25) is 9.69 Å². The summed E-state index contributed by atoms with van der Waals surface area (Å²) in [5, 5.41) is 16.0. The molecule has 1 aromatic carbocycles. The second-order valence-corrected chi connectivity index (χ2v) is 8.04. The van der Waals surface area contributed by atoms with Crippen molar-refractivity contribution >= 4 is 32.9 Å². The van der Waals surface area contributed by atoms with Crippen molar-refractivity contribution in [2.24, 2.45) is 5.92 Å². The highest BCUT2D eigenvalue weighted by atomic mass is 32.1. The van der Waals surface area contributed by atoms with Gasteiger partial charge in [-0.1, -0.05) is 25.1 Å². The van der Waals surface area contributed by atoms with Gasteiger partial charge >= 0.3 is 0 Å². The molecule has 25 heavy (non-hydrogen) atoms. The zero-order chi connectivity index (χ0) is 17.6. The number of nitrogens with one attached hydrogen (secondary N) is 1. The number of benzene rings is 1. The van der Waals surface area contributed by atoms with Crippen LogP contribution in [0.15, 0.2) is 29.7 Å². The summed E-state index contributed by atoms with van der Waals surface area (Å²) in [6.07, 6.45) is 3.92. The molecule has 0 fully saturated rings. The van der Waals surface area contributed by atoms with Crippen LogP contribution in [0.3, 0.4) is 0 Å². The zero-order valence-corrected chi connectivity index (χ0v) is 15.5. The molecule has 2 heterocycles. The predicted molar refractivity (Wildman–Crippen MR) is 103 cm³/mol. The Morgan fingerprint density at radius 3 is 3.08 bits per heavy atom. The Labute approximate surface area is 152 Å². The number of nitrogens with zero attached hydrogens (tertiary/aromatic N) is 1. The second kappa shape index (κ2) is 6.56. The molecule has 1 aliphatic heterocycles. The lowest BCUT2D eigenvalue weighted by Crippen LogP contribution is -2.48. The van der Waals surface area contributed by atoms with E-state index in [1.165, 1.54) is 26.8 Å². The van der Waals surface area contributed by atoms with Gasteiger partial charge in [0.2, 0.25) is 5.91 Å². The van der Waals surface area contributed by atoms with Crippen LogP contribution in [-0.2, 0) is 11.2 Å². The number of carbonyl (C=O) groups excluding carboxylic acids is 1. The highest BCUT2D eigenvalue weighted by molar-refractivity contribution is 7.17. The summed E-state index contributed by atoms with van der Waals surface area (Å²) in [4.78, 5) is 15.0. The van der Waals surface area contributed by atoms with Gasteiger partial charge in [0.25, 0.3) is 0 Å². The number of aliphatic hydroxyl groups is 1. The molecular weight excluding hydrogens is 332 g/mol. The molecule has 4 nitrogen and oxygen atoms in total. The van der Waals surface area contributed by atoms with Crippen LogP contribution in [0.4, 0.5) is 0 Å². The van der Waals surface area contributed by atoms with Gasteiger partial charge in [-0.15, -0.1) is 11.3 Å². The molecule has 3 atom stereocenters. The van der Waals surface area contributed by atoms with Gasteiger partial charge in [0.1, 0.15) is 0 Å². The molecule has 0 radical (unpaired) electrons. The van der Waals surface area contributed by atoms with E-state index < -0.39 is 0 Å². The van der Waals surface area contributed by atoms with E-state index in [1.54, 1.807) is 0 Å². The standard InChI is InChI=1S/C20H24N2O2S/c1-3-14(10-23)21-20(24)12-7-16-15-5-4-6-18-19(15)13(11-25-18)8-17(16)22(2)9-12/h4-7,11-12,14,17,23H,3,8-10H2,1-2H3,(H,21,24). The van der Waals surface area contributed by atoms with Gasteiger partial charge in [0, 0.05) is 22.7 Å². The Hall–Kier alpha value is -1.69. The molecule has 0 saturated heterocycles. The maximum Gasteiger partial charge on any atom is 0.228 e. The Kier molecular flexibility index (Phi) is 4.40. The minimum atomic E-state index is -0.174. The first-order valence-corrected chi connectivity index (χ1v) is 9.83. The van der Waals surface area contributed by atoms with Gasteiger partial charge in [0.05, 0.1) is 18.6 Å². The van der Waals surface area contributed by atoms with Crippen molar-refractivity contribution in [1.82, 2.24) is 10.2 Å². The second-order valence-electron chi connectivity index (χ2n) is 7.12. The number of amides is 1.